The molecule has 0 fully saturated rings. The third-order valence-corrected chi connectivity index (χ3v) is 3.24. The van der Waals surface area contributed by atoms with Gasteiger partial charge in [-0.1, -0.05) is 37.3 Å². The molecular formula is C16H19N3O2. The summed E-state index contributed by atoms with van der Waals surface area (Å²) < 4.78 is 1.19. The van der Waals surface area contributed by atoms with Gasteiger partial charge in [0.2, 0.25) is 0 Å². The van der Waals surface area contributed by atoms with Crippen LogP contribution in [0.3, 0.4) is 0 Å². The van der Waals surface area contributed by atoms with E-state index in [4.69, 9.17) is 0 Å². The molecule has 0 radical (unpaired) electrons. The number of Topliss-reactive ketones (excluding diaryl/α,β-unsaturated/α-hetero) is 1. The Morgan fingerprint density at radius 1 is 1.29 bits per heavy atom. The van der Waals surface area contributed by atoms with E-state index in [1.165, 1.54) is 10.7 Å². The third kappa shape index (κ3) is 3.78. The van der Waals surface area contributed by atoms with Gasteiger partial charge in [-0.3, -0.25) is 9.59 Å². The van der Waals surface area contributed by atoms with E-state index in [0.717, 1.165) is 18.7 Å². The van der Waals surface area contributed by atoms with Crippen molar-refractivity contribution in [1.82, 2.24) is 9.78 Å². The number of hydrogen-bond acceptors (Lipinski definition) is 4. The second-order valence-corrected chi connectivity index (χ2v) is 4.92. The molecule has 0 aliphatic rings. The van der Waals surface area contributed by atoms with Crippen LogP contribution in [0, 0.1) is 0 Å². The van der Waals surface area contributed by atoms with Gasteiger partial charge >= 0.3 is 0 Å². The van der Waals surface area contributed by atoms with Crippen molar-refractivity contribution in [3.63, 3.8) is 0 Å². The fraction of sp³-hybridized carbons (Fsp3) is 0.312. The molecule has 21 heavy (non-hydrogen) atoms. The molecule has 2 rings (SSSR count). The highest BCUT2D eigenvalue weighted by Crippen LogP contribution is 2.07. The molecule has 1 aromatic carbocycles. The van der Waals surface area contributed by atoms with E-state index in [1.54, 1.807) is 30.5 Å². The van der Waals surface area contributed by atoms with Crippen LogP contribution in [0.25, 0.3) is 0 Å². The SMILES string of the molecule is CCCN(C)c1cnn(CC(=O)c2ccccc2)c(=O)c1. The summed E-state index contributed by atoms with van der Waals surface area (Å²) in [4.78, 5) is 26.1. The van der Waals surface area contributed by atoms with Gasteiger partial charge in [-0.05, 0) is 6.42 Å². The molecular weight excluding hydrogens is 266 g/mol. The van der Waals surface area contributed by atoms with Crippen molar-refractivity contribution in [2.24, 2.45) is 0 Å². The molecule has 0 amide bonds. The molecule has 5 heteroatoms. The minimum atomic E-state index is -0.264. The quantitative estimate of drug-likeness (QED) is 0.761. The minimum absolute atomic E-state index is 0.0411. The summed E-state index contributed by atoms with van der Waals surface area (Å²) in [5.41, 5.74) is 1.09. The van der Waals surface area contributed by atoms with Crippen LogP contribution >= 0.6 is 0 Å². The number of benzene rings is 1. The van der Waals surface area contributed by atoms with E-state index in [2.05, 4.69) is 12.0 Å². The molecule has 0 saturated heterocycles. The Labute approximate surface area is 123 Å². The van der Waals surface area contributed by atoms with Gasteiger partial charge in [0, 0.05) is 25.2 Å². The number of anilines is 1. The highest BCUT2D eigenvalue weighted by Gasteiger charge is 2.09. The van der Waals surface area contributed by atoms with Crippen molar-refractivity contribution < 1.29 is 4.79 Å². The van der Waals surface area contributed by atoms with Crippen molar-refractivity contribution in [2.75, 3.05) is 18.5 Å². The third-order valence-electron chi connectivity index (χ3n) is 3.24. The lowest BCUT2D eigenvalue weighted by molar-refractivity contribution is 0.0965. The first kappa shape index (κ1) is 15.0. The van der Waals surface area contributed by atoms with E-state index in [0.29, 0.717) is 5.56 Å². The number of aromatic nitrogens is 2. The Bertz CT molecular complexity index is 665. The summed E-state index contributed by atoms with van der Waals surface area (Å²) in [5, 5.41) is 4.09. The fourth-order valence-electron chi connectivity index (χ4n) is 2.07. The van der Waals surface area contributed by atoms with E-state index < -0.39 is 0 Å². The zero-order valence-corrected chi connectivity index (χ0v) is 12.3. The van der Waals surface area contributed by atoms with Crippen LogP contribution in [0.1, 0.15) is 23.7 Å². The van der Waals surface area contributed by atoms with Gasteiger partial charge in [0.15, 0.2) is 5.78 Å². The summed E-state index contributed by atoms with van der Waals surface area (Å²) in [7, 11) is 1.92. The van der Waals surface area contributed by atoms with Crippen molar-refractivity contribution in [3.8, 4) is 0 Å². The number of hydrogen-bond donors (Lipinski definition) is 0. The van der Waals surface area contributed by atoms with Gasteiger partial charge in [-0.15, -0.1) is 0 Å². The van der Waals surface area contributed by atoms with Crippen LogP contribution in [-0.2, 0) is 6.54 Å². The molecule has 0 atom stereocenters. The van der Waals surface area contributed by atoms with Crippen LogP contribution in [0.4, 0.5) is 5.69 Å². The second-order valence-electron chi connectivity index (χ2n) is 4.92. The maximum atomic E-state index is 12.1. The zero-order valence-electron chi connectivity index (χ0n) is 12.3. The van der Waals surface area contributed by atoms with E-state index in [1.807, 2.05) is 18.0 Å². The molecule has 2 aromatic rings. The molecule has 110 valence electrons. The first-order valence-corrected chi connectivity index (χ1v) is 6.98. The highest BCUT2D eigenvalue weighted by atomic mass is 16.1. The Balaban J connectivity index is 2.15. The summed E-state index contributed by atoms with van der Waals surface area (Å²) in [6.07, 6.45) is 2.61. The molecule has 0 aliphatic carbocycles. The Kier molecular flexibility index (Phi) is 4.87. The van der Waals surface area contributed by atoms with E-state index in [-0.39, 0.29) is 17.9 Å². The summed E-state index contributed by atoms with van der Waals surface area (Å²) in [5.74, 6) is -0.125. The summed E-state index contributed by atoms with van der Waals surface area (Å²) in [6, 6.07) is 10.4. The highest BCUT2D eigenvalue weighted by molar-refractivity contribution is 5.95. The standard InChI is InChI=1S/C16H19N3O2/c1-3-9-18(2)14-10-16(21)19(17-11-14)12-15(20)13-7-5-4-6-8-13/h4-8,10-11H,3,9,12H2,1-2H3. The monoisotopic (exact) mass is 285 g/mol. The van der Waals surface area contributed by atoms with E-state index in [9.17, 15) is 9.59 Å². The molecule has 0 bridgehead atoms. The topological polar surface area (TPSA) is 55.2 Å². The molecule has 1 aromatic heterocycles. The van der Waals surface area contributed by atoms with Crippen LogP contribution in [0.5, 0.6) is 0 Å². The predicted molar refractivity (Wildman–Crippen MR) is 82.8 cm³/mol. The molecule has 0 N–H and O–H groups in total. The zero-order chi connectivity index (χ0) is 15.2. The average Bonchev–Trinajstić information content (AvgIpc) is 2.50. The minimum Gasteiger partial charge on any atom is -0.373 e. The lowest BCUT2D eigenvalue weighted by atomic mass is 10.1. The van der Waals surface area contributed by atoms with Crippen molar-refractivity contribution in [2.45, 2.75) is 19.9 Å². The molecule has 0 spiro atoms. The maximum Gasteiger partial charge on any atom is 0.269 e. The van der Waals surface area contributed by atoms with Gasteiger partial charge in [-0.2, -0.15) is 5.10 Å². The molecule has 5 nitrogen and oxygen atoms in total. The first-order valence-electron chi connectivity index (χ1n) is 6.98. The van der Waals surface area contributed by atoms with Gasteiger partial charge in [0.1, 0.15) is 6.54 Å². The largest absolute Gasteiger partial charge is 0.373 e. The Morgan fingerprint density at radius 2 is 2.00 bits per heavy atom. The number of nitrogens with zero attached hydrogens (tertiary/aromatic N) is 3. The number of rotatable bonds is 6. The Hall–Kier alpha value is -2.43. The fourth-order valence-corrected chi connectivity index (χ4v) is 2.07. The second kappa shape index (κ2) is 6.83. The summed E-state index contributed by atoms with van der Waals surface area (Å²) in [6.45, 7) is 2.89. The van der Waals surface area contributed by atoms with Crippen LogP contribution in [0.15, 0.2) is 47.4 Å². The Morgan fingerprint density at radius 3 is 2.62 bits per heavy atom. The number of ketones is 1. The van der Waals surface area contributed by atoms with Crippen LogP contribution in [-0.4, -0.2) is 29.2 Å². The summed E-state index contributed by atoms with van der Waals surface area (Å²) >= 11 is 0. The molecule has 0 unspecified atom stereocenters. The van der Waals surface area contributed by atoms with Crippen molar-refractivity contribution in [3.05, 3.63) is 58.5 Å². The molecule has 0 saturated carbocycles. The lowest BCUT2D eigenvalue weighted by Gasteiger charge is -2.17. The van der Waals surface area contributed by atoms with Gasteiger partial charge in [0.05, 0.1) is 11.9 Å². The number of carbonyl (C=O) groups excluding carboxylic acids is 1. The van der Waals surface area contributed by atoms with Gasteiger partial charge in [-0.25, -0.2) is 4.68 Å². The van der Waals surface area contributed by atoms with Crippen LogP contribution < -0.4 is 10.5 Å². The van der Waals surface area contributed by atoms with Gasteiger partial charge < -0.3 is 4.90 Å². The molecule has 1 heterocycles. The van der Waals surface area contributed by atoms with Crippen molar-refractivity contribution in [1.29, 1.82) is 0 Å². The molecule has 0 aliphatic heterocycles. The maximum absolute atomic E-state index is 12.1. The normalized spacial score (nSPS) is 10.4. The van der Waals surface area contributed by atoms with Gasteiger partial charge in [0.25, 0.3) is 5.56 Å². The predicted octanol–water partition coefficient (Wildman–Crippen LogP) is 1.97. The lowest BCUT2D eigenvalue weighted by Crippen LogP contribution is -2.28. The van der Waals surface area contributed by atoms with Crippen LogP contribution in [0.2, 0.25) is 0 Å². The smallest absolute Gasteiger partial charge is 0.269 e. The number of carbonyl (C=O) groups is 1. The van der Waals surface area contributed by atoms with Crippen molar-refractivity contribution >= 4 is 11.5 Å². The average molecular weight is 285 g/mol. The van der Waals surface area contributed by atoms with E-state index >= 15 is 0 Å². The first-order chi connectivity index (χ1) is 10.1.